The molecule has 2 aromatic rings. The minimum Gasteiger partial charge on any atom is -0.486 e. The van der Waals surface area contributed by atoms with Crippen molar-refractivity contribution in [3.63, 3.8) is 0 Å². The van der Waals surface area contributed by atoms with Gasteiger partial charge in [0.1, 0.15) is 6.61 Å². The molecule has 0 atom stereocenters. The third-order valence-electron chi connectivity index (χ3n) is 3.78. The number of carbonyl (C=O) groups is 1. The molecule has 28 heavy (non-hydrogen) atoms. The van der Waals surface area contributed by atoms with Crippen molar-refractivity contribution in [1.82, 2.24) is 0 Å². The largest absolute Gasteiger partial charge is 0.486 e. The van der Waals surface area contributed by atoms with Gasteiger partial charge in [-0.3, -0.25) is 9.52 Å². The van der Waals surface area contributed by atoms with Crippen LogP contribution in [0.1, 0.15) is 24.5 Å². The fraction of sp³-hybridized carbons (Fsp3) is 0.278. The molecule has 0 aliphatic heterocycles. The van der Waals surface area contributed by atoms with Gasteiger partial charge < -0.3 is 9.84 Å². The fourth-order valence-electron chi connectivity index (χ4n) is 2.31. The van der Waals surface area contributed by atoms with Gasteiger partial charge in [-0.15, -0.1) is 0 Å². The minimum absolute atomic E-state index is 0.0709. The van der Waals surface area contributed by atoms with Gasteiger partial charge in [-0.1, -0.05) is 35.3 Å². The van der Waals surface area contributed by atoms with Gasteiger partial charge in [0.2, 0.25) is 10.0 Å². The number of sulfonamides is 1. The van der Waals surface area contributed by atoms with Crippen LogP contribution in [0.15, 0.2) is 30.3 Å². The van der Waals surface area contributed by atoms with Gasteiger partial charge in [0.15, 0.2) is 11.6 Å². The highest BCUT2D eigenvalue weighted by molar-refractivity contribution is 7.92. The third kappa shape index (κ3) is 5.98. The molecule has 10 heteroatoms. The molecule has 152 valence electrons. The summed E-state index contributed by atoms with van der Waals surface area (Å²) in [6, 6.07) is 7.32. The first-order chi connectivity index (χ1) is 13.1. The van der Waals surface area contributed by atoms with Crippen molar-refractivity contribution >= 4 is 44.9 Å². The summed E-state index contributed by atoms with van der Waals surface area (Å²) in [5.41, 5.74) is 0.564. The molecule has 2 rings (SSSR count). The Labute approximate surface area is 172 Å². The Morgan fingerprint density at radius 1 is 1.25 bits per heavy atom. The van der Waals surface area contributed by atoms with Crippen LogP contribution in [-0.2, 0) is 27.8 Å². The maximum atomic E-state index is 14.6. The van der Waals surface area contributed by atoms with Crippen molar-refractivity contribution in [1.29, 1.82) is 0 Å². The molecule has 0 spiro atoms. The number of aliphatic carboxylic acids is 1. The van der Waals surface area contributed by atoms with Crippen LogP contribution in [-0.4, -0.2) is 25.2 Å². The van der Waals surface area contributed by atoms with Crippen LogP contribution in [0.5, 0.6) is 5.75 Å². The standard InChI is InChI=1S/C18H18Cl2FNO5S/c1-2-28(25,26)22-15-5-3-4-12(17(15)21)10-27-18-13(19)8-11(9-14(18)20)6-7-16(23)24/h3-5,8-9,22H,2,6-7,10H2,1H3,(H,23,24). The summed E-state index contributed by atoms with van der Waals surface area (Å²) in [6.07, 6.45) is 0.182. The van der Waals surface area contributed by atoms with E-state index in [0.29, 0.717) is 5.56 Å². The second-order valence-corrected chi connectivity index (χ2v) is 8.68. The summed E-state index contributed by atoms with van der Waals surface area (Å²) in [7, 11) is -3.62. The Balaban J connectivity index is 2.17. The van der Waals surface area contributed by atoms with Gasteiger partial charge in [-0.2, -0.15) is 0 Å². The first kappa shape index (κ1) is 22.3. The zero-order valence-electron chi connectivity index (χ0n) is 14.8. The zero-order valence-corrected chi connectivity index (χ0v) is 17.2. The molecular weight excluding hydrogens is 432 g/mol. The summed E-state index contributed by atoms with van der Waals surface area (Å²) in [5, 5.41) is 9.07. The molecule has 0 saturated heterocycles. The second kappa shape index (κ2) is 9.45. The van der Waals surface area contributed by atoms with Gasteiger partial charge in [-0.05, 0) is 37.1 Å². The topological polar surface area (TPSA) is 92.7 Å². The highest BCUT2D eigenvalue weighted by Gasteiger charge is 2.16. The van der Waals surface area contributed by atoms with E-state index < -0.39 is 21.8 Å². The van der Waals surface area contributed by atoms with Crippen LogP contribution < -0.4 is 9.46 Å². The van der Waals surface area contributed by atoms with Crippen molar-refractivity contribution in [2.45, 2.75) is 26.4 Å². The number of hydrogen-bond acceptors (Lipinski definition) is 4. The summed E-state index contributed by atoms with van der Waals surface area (Å²) in [4.78, 5) is 10.7. The lowest BCUT2D eigenvalue weighted by Crippen LogP contribution is -2.16. The Kier molecular flexibility index (Phi) is 7.51. The predicted octanol–water partition coefficient (Wildman–Crippen LogP) is 4.49. The number of carboxylic acids is 1. The van der Waals surface area contributed by atoms with Crippen molar-refractivity contribution in [2.24, 2.45) is 0 Å². The number of hydrogen-bond donors (Lipinski definition) is 2. The lowest BCUT2D eigenvalue weighted by Gasteiger charge is -2.14. The highest BCUT2D eigenvalue weighted by atomic mass is 35.5. The molecule has 0 aliphatic carbocycles. The molecular formula is C18H18Cl2FNO5S. The molecule has 0 bridgehead atoms. The monoisotopic (exact) mass is 449 g/mol. The van der Waals surface area contributed by atoms with Crippen LogP contribution in [0, 0.1) is 5.82 Å². The van der Waals surface area contributed by atoms with Crippen LogP contribution in [0.4, 0.5) is 10.1 Å². The molecule has 0 amide bonds. The van der Waals surface area contributed by atoms with Crippen LogP contribution >= 0.6 is 23.2 Å². The van der Waals surface area contributed by atoms with Crippen molar-refractivity contribution < 1.29 is 27.4 Å². The van der Waals surface area contributed by atoms with E-state index in [0.717, 1.165) is 0 Å². The van der Waals surface area contributed by atoms with E-state index in [1.54, 1.807) is 0 Å². The number of anilines is 1. The van der Waals surface area contributed by atoms with Crippen LogP contribution in [0.25, 0.3) is 0 Å². The van der Waals surface area contributed by atoms with Crippen molar-refractivity contribution in [2.75, 3.05) is 10.5 Å². The van der Waals surface area contributed by atoms with E-state index >= 15 is 0 Å². The van der Waals surface area contributed by atoms with Crippen molar-refractivity contribution in [3.05, 3.63) is 57.3 Å². The number of nitrogens with one attached hydrogen (secondary N) is 1. The molecule has 2 N–H and O–H groups in total. The second-order valence-electron chi connectivity index (χ2n) is 5.86. The summed E-state index contributed by atoms with van der Waals surface area (Å²) in [5.74, 6) is -1.76. The van der Waals surface area contributed by atoms with Crippen molar-refractivity contribution in [3.8, 4) is 5.75 Å². The Morgan fingerprint density at radius 3 is 2.46 bits per heavy atom. The van der Waals surface area contributed by atoms with E-state index in [-0.39, 0.29) is 52.2 Å². The number of halogens is 3. The SMILES string of the molecule is CCS(=O)(=O)Nc1cccc(COc2c(Cl)cc(CCC(=O)O)cc2Cl)c1F. The third-order valence-corrected chi connectivity index (χ3v) is 5.63. The summed E-state index contributed by atoms with van der Waals surface area (Å²) in [6.45, 7) is 1.21. The molecule has 6 nitrogen and oxygen atoms in total. The molecule has 0 unspecified atom stereocenters. The molecule has 0 radical (unpaired) electrons. The van der Waals surface area contributed by atoms with E-state index in [1.165, 1.54) is 37.3 Å². The number of rotatable bonds is 9. The minimum atomic E-state index is -3.62. The number of ether oxygens (including phenoxy) is 1. The Bertz CT molecular complexity index is 959. The molecule has 2 aromatic carbocycles. The van der Waals surface area contributed by atoms with E-state index in [2.05, 4.69) is 4.72 Å². The quantitative estimate of drug-likeness (QED) is 0.587. The van der Waals surface area contributed by atoms with Gasteiger partial charge >= 0.3 is 5.97 Å². The molecule has 0 heterocycles. The smallest absolute Gasteiger partial charge is 0.303 e. The van der Waals surface area contributed by atoms with E-state index in [4.69, 9.17) is 33.0 Å². The Morgan fingerprint density at radius 2 is 1.89 bits per heavy atom. The van der Waals surface area contributed by atoms with E-state index in [9.17, 15) is 17.6 Å². The molecule has 0 saturated carbocycles. The number of carboxylic acid groups (broad SMARTS) is 1. The number of aryl methyl sites for hydroxylation is 1. The lowest BCUT2D eigenvalue weighted by atomic mass is 10.1. The lowest BCUT2D eigenvalue weighted by molar-refractivity contribution is -0.136. The van der Waals surface area contributed by atoms with Crippen LogP contribution in [0.3, 0.4) is 0 Å². The van der Waals surface area contributed by atoms with Crippen LogP contribution in [0.2, 0.25) is 10.0 Å². The average molecular weight is 450 g/mol. The van der Waals surface area contributed by atoms with Gasteiger partial charge in [0.05, 0.1) is 21.5 Å². The summed E-state index contributed by atoms with van der Waals surface area (Å²) >= 11 is 12.3. The number of benzene rings is 2. The predicted molar refractivity (Wildman–Crippen MR) is 106 cm³/mol. The normalized spacial score (nSPS) is 11.3. The van der Waals surface area contributed by atoms with E-state index in [1.807, 2.05) is 0 Å². The molecule has 0 aromatic heterocycles. The summed E-state index contributed by atoms with van der Waals surface area (Å²) < 4.78 is 45.5. The highest BCUT2D eigenvalue weighted by Crippen LogP contribution is 2.35. The average Bonchev–Trinajstić information content (AvgIpc) is 2.62. The van der Waals surface area contributed by atoms with Gasteiger partial charge in [-0.25, -0.2) is 12.8 Å². The molecule has 0 aliphatic rings. The zero-order chi connectivity index (χ0) is 20.9. The fourth-order valence-corrected chi connectivity index (χ4v) is 3.58. The van der Waals surface area contributed by atoms with Gasteiger partial charge in [0, 0.05) is 12.0 Å². The maximum Gasteiger partial charge on any atom is 0.303 e. The molecule has 0 fully saturated rings. The Hall–Kier alpha value is -2.03. The first-order valence-electron chi connectivity index (χ1n) is 8.23. The first-order valence-corrected chi connectivity index (χ1v) is 10.6. The van der Waals surface area contributed by atoms with Gasteiger partial charge in [0.25, 0.3) is 0 Å². The maximum absolute atomic E-state index is 14.6.